The Labute approximate surface area is 87.8 Å². The van der Waals surface area contributed by atoms with Crippen LogP contribution in [-0.4, -0.2) is 25.7 Å². The molecule has 2 heteroatoms. The van der Waals surface area contributed by atoms with Crippen LogP contribution in [0, 0.1) is 5.92 Å². The van der Waals surface area contributed by atoms with Crippen LogP contribution in [-0.2, 0) is 0 Å². The summed E-state index contributed by atoms with van der Waals surface area (Å²) >= 11 is 0. The van der Waals surface area contributed by atoms with Crippen LogP contribution in [0.2, 0.25) is 0 Å². The maximum absolute atomic E-state index is 3.59. The van der Waals surface area contributed by atoms with Gasteiger partial charge in [-0.05, 0) is 38.3 Å². The molecule has 0 aromatic carbocycles. The molecular weight excluding hydrogens is 172 g/mol. The Bertz CT molecular complexity index is 128. The van der Waals surface area contributed by atoms with Crippen LogP contribution in [0.1, 0.15) is 44.9 Å². The van der Waals surface area contributed by atoms with Crippen molar-refractivity contribution >= 4 is 0 Å². The lowest BCUT2D eigenvalue weighted by Crippen LogP contribution is -2.34. The van der Waals surface area contributed by atoms with Gasteiger partial charge in [0.25, 0.3) is 0 Å². The lowest BCUT2D eigenvalue weighted by Gasteiger charge is -2.13. The van der Waals surface area contributed by atoms with Crippen molar-refractivity contribution in [2.75, 3.05) is 19.6 Å². The van der Waals surface area contributed by atoms with Crippen LogP contribution >= 0.6 is 0 Å². The number of hydrogen-bond acceptors (Lipinski definition) is 2. The first kappa shape index (κ1) is 10.4. The van der Waals surface area contributed by atoms with E-state index in [0.29, 0.717) is 0 Å². The van der Waals surface area contributed by atoms with Crippen molar-refractivity contribution in [3.05, 3.63) is 0 Å². The van der Waals surface area contributed by atoms with E-state index in [1.807, 2.05) is 0 Å². The van der Waals surface area contributed by atoms with E-state index in [-0.39, 0.29) is 0 Å². The Morgan fingerprint density at radius 3 is 2.64 bits per heavy atom. The summed E-state index contributed by atoms with van der Waals surface area (Å²) in [6, 6.07) is 0.763. The minimum Gasteiger partial charge on any atom is -0.315 e. The number of rotatable bonds is 5. The van der Waals surface area contributed by atoms with E-state index in [9.17, 15) is 0 Å². The average Bonchev–Trinajstić information content (AvgIpc) is 2.86. The van der Waals surface area contributed by atoms with E-state index in [4.69, 9.17) is 0 Å². The fourth-order valence-corrected chi connectivity index (χ4v) is 2.81. The lowest BCUT2D eigenvalue weighted by atomic mass is 10.0. The van der Waals surface area contributed by atoms with Gasteiger partial charge in [0.1, 0.15) is 0 Å². The number of hydrogen-bond donors (Lipinski definition) is 2. The van der Waals surface area contributed by atoms with E-state index in [0.717, 1.165) is 12.0 Å². The van der Waals surface area contributed by atoms with Crippen molar-refractivity contribution in [2.45, 2.75) is 51.0 Å². The molecule has 0 aromatic heterocycles. The van der Waals surface area contributed by atoms with Crippen LogP contribution < -0.4 is 10.6 Å². The summed E-state index contributed by atoms with van der Waals surface area (Å²) in [4.78, 5) is 0. The highest BCUT2D eigenvalue weighted by atomic mass is 15.0. The summed E-state index contributed by atoms with van der Waals surface area (Å²) in [7, 11) is 0. The second-order valence-electron chi connectivity index (χ2n) is 4.94. The molecule has 2 fully saturated rings. The van der Waals surface area contributed by atoms with Crippen molar-refractivity contribution in [2.24, 2.45) is 5.92 Å². The Hall–Kier alpha value is -0.0800. The fourth-order valence-electron chi connectivity index (χ4n) is 2.81. The van der Waals surface area contributed by atoms with E-state index < -0.39 is 0 Å². The molecule has 2 nitrogen and oxygen atoms in total. The fraction of sp³-hybridized carbons (Fsp3) is 1.00. The van der Waals surface area contributed by atoms with Gasteiger partial charge in [-0.15, -0.1) is 0 Å². The second-order valence-corrected chi connectivity index (χ2v) is 4.94. The quantitative estimate of drug-likeness (QED) is 0.656. The minimum absolute atomic E-state index is 0.763. The molecule has 0 aromatic rings. The third kappa shape index (κ3) is 3.25. The van der Waals surface area contributed by atoms with Crippen LogP contribution in [0.5, 0.6) is 0 Å². The second kappa shape index (κ2) is 5.72. The molecule has 1 unspecified atom stereocenters. The average molecular weight is 196 g/mol. The molecule has 0 bridgehead atoms. The SMILES string of the molecule is C1CCC(CCNCC2CCCN2)C1. The number of nitrogens with one attached hydrogen (secondary N) is 2. The summed E-state index contributed by atoms with van der Waals surface area (Å²) in [5.41, 5.74) is 0. The highest BCUT2D eigenvalue weighted by Gasteiger charge is 2.15. The van der Waals surface area contributed by atoms with E-state index in [1.165, 1.54) is 64.6 Å². The van der Waals surface area contributed by atoms with E-state index >= 15 is 0 Å². The Morgan fingerprint density at radius 2 is 1.93 bits per heavy atom. The first-order chi connectivity index (χ1) is 6.95. The summed E-state index contributed by atoms with van der Waals surface area (Å²) < 4.78 is 0. The molecule has 2 aliphatic rings. The zero-order chi connectivity index (χ0) is 9.64. The van der Waals surface area contributed by atoms with Crippen molar-refractivity contribution in [1.29, 1.82) is 0 Å². The van der Waals surface area contributed by atoms with Gasteiger partial charge in [0, 0.05) is 12.6 Å². The van der Waals surface area contributed by atoms with Gasteiger partial charge in [0.05, 0.1) is 0 Å². The third-order valence-electron chi connectivity index (χ3n) is 3.76. The Kier molecular flexibility index (Phi) is 4.26. The maximum Gasteiger partial charge on any atom is 0.0192 e. The molecule has 1 aliphatic heterocycles. The smallest absolute Gasteiger partial charge is 0.0192 e. The zero-order valence-corrected chi connectivity index (χ0v) is 9.23. The molecule has 2 N–H and O–H groups in total. The molecule has 14 heavy (non-hydrogen) atoms. The molecular formula is C12H24N2. The van der Waals surface area contributed by atoms with Crippen molar-refractivity contribution in [3.8, 4) is 0 Å². The minimum atomic E-state index is 0.763. The monoisotopic (exact) mass is 196 g/mol. The normalized spacial score (nSPS) is 28.7. The van der Waals surface area contributed by atoms with Crippen molar-refractivity contribution < 1.29 is 0 Å². The van der Waals surface area contributed by atoms with Crippen molar-refractivity contribution in [1.82, 2.24) is 10.6 Å². The summed E-state index contributed by atoms with van der Waals surface area (Å²) in [6.07, 6.45) is 10.1. The predicted molar refractivity (Wildman–Crippen MR) is 60.5 cm³/mol. The van der Waals surface area contributed by atoms with Crippen LogP contribution in [0.25, 0.3) is 0 Å². The van der Waals surface area contributed by atoms with Gasteiger partial charge in [-0.3, -0.25) is 0 Å². The van der Waals surface area contributed by atoms with Crippen LogP contribution in [0.3, 0.4) is 0 Å². The molecule has 2 rings (SSSR count). The molecule has 1 aliphatic carbocycles. The highest BCUT2D eigenvalue weighted by Crippen LogP contribution is 2.26. The molecule has 1 saturated heterocycles. The molecule has 1 saturated carbocycles. The molecule has 0 spiro atoms. The van der Waals surface area contributed by atoms with Crippen LogP contribution in [0.4, 0.5) is 0 Å². The Morgan fingerprint density at radius 1 is 1.07 bits per heavy atom. The van der Waals surface area contributed by atoms with Gasteiger partial charge in [0.15, 0.2) is 0 Å². The van der Waals surface area contributed by atoms with Gasteiger partial charge in [-0.1, -0.05) is 25.7 Å². The predicted octanol–water partition coefficient (Wildman–Crippen LogP) is 1.91. The first-order valence-electron chi connectivity index (χ1n) is 6.39. The maximum atomic E-state index is 3.59. The van der Waals surface area contributed by atoms with Gasteiger partial charge in [-0.2, -0.15) is 0 Å². The molecule has 0 radical (unpaired) electrons. The van der Waals surface area contributed by atoms with E-state index in [2.05, 4.69) is 10.6 Å². The molecule has 0 amide bonds. The lowest BCUT2D eigenvalue weighted by molar-refractivity contribution is 0.458. The summed E-state index contributed by atoms with van der Waals surface area (Å²) in [5.74, 6) is 1.04. The van der Waals surface area contributed by atoms with Gasteiger partial charge < -0.3 is 10.6 Å². The van der Waals surface area contributed by atoms with Crippen LogP contribution in [0.15, 0.2) is 0 Å². The standard InChI is InChI=1S/C12H24N2/c1-2-5-11(4-1)7-9-13-10-12-6-3-8-14-12/h11-14H,1-10H2. The van der Waals surface area contributed by atoms with Crippen molar-refractivity contribution in [3.63, 3.8) is 0 Å². The third-order valence-corrected chi connectivity index (χ3v) is 3.76. The summed E-state index contributed by atoms with van der Waals surface area (Å²) in [6.45, 7) is 3.66. The molecule has 82 valence electrons. The largest absolute Gasteiger partial charge is 0.315 e. The summed E-state index contributed by atoms with van der Waals surface area (Å²) in [5, 5.41) is 7.11. The van der Waals surface area contributed by atoms with Gasteiger partial charge in [0.2, 0.25) is 0 Å². The zero-order valence-electron chi connectivity index (χ0n) is 9.23. The first-order valence-corrected chi connectivity index (χ1v) is 6.39. The van der Waals surface area contributed by atoms with Gasteiger partial charge >= 0.3 is 0 Å². The van der Waals surface area contributed by atoms with E-state index in [1.54, 1.807) is 0 Å². The molecule has 1 atom stereocenters. The molecule has 1 heterocycles. The highest BCUT2D eigenvalue weighted by molar-refractivity contribution is 4.76. The van der Waals surface area contributed by atoms with Gasteiger partial charge in [-0.25, -0.2) is 0 Å². The topological polar surface area (TPSA) is 24.1 Å². The Balaban J connectivity index is 1.46.